The van der Waals surface area contributed by atoms with Crippen LogP contribution in [0.1, 0.15) is 17.3 Å². The summed E-state index contributed by atoms with van der Waals surface area (Å²) in [4.78, 5) is 36.1. The maximum Gasteiger partial charge on any atom is 0.262 e. The van der Waals surface area contributed by atoms with Crippen LogP contribution >= 0.6 is 0 Å². The molecule has 3 rings (SSSR count). The summed E-state index contributed by atoms with van der Waals surface area (Å²) in [5.74, 6) is 0.789. The first kappa shape index (κ1) is 25.1. The van der Waals surface area contributed by atoms with Crippen LogP contribution in [0.25, 0.3) is 0 Å². The number of anilines is 2. The zero-order chi connectivity index (χ0) is 25.0. The van der Waals surface area contributed by atoms with E-state index in [2.05, 4.69) is 16.0 Å². The number of benzene rings is 3. The molecule has 3 aromatic carbocycles. The molecular weight excluding hydrogens is 450 g/mol. The highest BCUT2D eigenvalue weighted by molar-refractivity contribution is 6.04. The SMILES string of the molecule is CCNC(=O)COc1ccc(NC(=O)c2ccc(OCC(=O)Nc3cccc(OC)c3)cc2)cc1. The molecule has 0 aromatic heterocycles. The van der Waals surface area contributed by atoms with Crippen molar-refractivity contribution in [1.82, 2.24) is 5.32 Å². The Morgan fingerprint density at radius 2 is 1.34 bits per heavy atom. The number of ether oxygens (including phenoxy) is 3. The number of methoxy groups -OCH3 is 1. The molecule has 0 unspecified atom stereocenters. The first-order valence-corrected chi connectivity index (χ1v) is 10.9. The third-order valence-corrected chi connectivity index (χ3v) is 4.70. The van der Waals surface area contributed by atoms with E-state index in [-0.39, 0.29) is 30.9 Å². The molecule has 0 aliphatic heterocycles. The van der Waals surface area contributed by atoms with Crippen LogP contribution in [0.15, 0.2) is 72.8 Å². The van der Waals surface area contributed by atoms with Gasteiger partial charge in [-0.15, -0.1) is 0 Å². The molecule has 9 nitrogen and oxygen atoms in total. The van der Waals surface area contributed by atoms with Crippen LogP contribution in [0.2, 0.25) is 0 Å². The van der Waals surface area contributed by atoms with Gasteiger partial charge < -0.3 is 30.2 Å². The zero-order valence-corrected chi connectivity index (χ0v) is 19.5. The molecule has 0 saturated heterocycles. The summed E-state index contributed by atoms with van der Waals surface area (Å²) in [6.45, 7) is 2.12. The van der Waals surface area contributed by atoms with E-state index >= 15 is 0 Å². The second kappa shape index (κ2) is 12.6. The van der Waals surface area contributed by atoms with Gasteiger partial charge in [0.05, 0.1) is 7.11 Å². The highest BCUT2D eigenvalue weighted by Gasteiger charge is 2.09. The molecule has 3 amide bonds. The number of carbonyl (C=O) groups is 3. The summed E-state index contributed by atoms with van der Waals surface area (Å²) in [6.07, 6.45) is 0. The standard InChI is InChI=1S/C26H27N3O6/c1-3-27-24(30)16-34-22-13-9-19(10-14-22)29-26(32)18-7-11-21(12-8-18)35-17-25(31)28-20-5-4-6-23(15-20)33-2/h4-15H,3,16-17H2,1-2H3,(H,27,30)(H,28,31)(H,29,32). The lowest BCUT2D eigenvalue weighted by Gasteiger charge is -2.10. The number of nitrogens with one attached hydrogen (secondary N) is 3. The van der Waals surface area contributed by atoms with Gasteiger partial charge in [0.1, 0.15) is 17.2 Å². The molecule has 3 aromatic rings. The van der Waals surface area contributed by atoms with Gasteiger partial charge in [-0.2, -0.15) is 0 Å². The van der Waals surface area contributed by atoms with Gasteiger partial charge >= 0.3 is 0 Å². The summed E-state index contributed by atoms with van der Waals surface area (Å²) in [5.41, 5.74) is 1.61. The van der Waals surface area contributed by atoms with E-state index in [1.54, 1.807) is 79.9 Å². The maximum absolute atomic E-state index is 12.5. The first-order valence-electron chi connectivity index (χ1n) is 10.9. The van der Waals surface area contributed by atoms with Gasteiger partial charge in [-0.3, -0.25) is 14.4 Å². The third-order valence-electron chi connectivity index (χ3n) is 4.70. The van der Waals surface area contributed by atoms with Crippen LogP contribution in [-0.4, -0.2) is 44.6 Å². The molecule has 0 heterocycles. The zero-order valence-electron chi connectivity index (χ0n) is 19.5. The molecule has 182 valence electrons. The van der Waals surface area contributed by atoms with Crippen molar-refractivity contribution >= 4 is 29.1 Å². The molecule has 35 heavy (non-hydrogen) atoms. The van der Waals surface area contributed by atoms with Gasteiger partial charge in [-0.25, -0.2) is 0 Å². The molecule has 0 fully saturated rings. The predicted molar refractivity (Wildman–Crippen MR) is 132 cm³/mol. The second-order valence-corrected chi connectivity index (χ2v) is 7.31. The number of hydrogen-bond acceptors (Lipinski definition) is 6. The minimum atomic E-state index is -0.321. The van der Waals surface area contributed by atoms with Gasteiger partial charge in [-0.05, 0) is 67.6 Å². The summed E-state index contributed by atoms with van der Waals surface area (Å²) >= 11 is 0. The average molecular weight is 478 g/mol. The molecule has 0 aliphatic rings. The Kier molecular flexibility index (Phi) is 9.07. The number of hydrogen-bond donors (Lipinski definition) is 3. The van der Waals surface area contributed by atoms with Crippen LogP contribution < -0.4 is 30.2 Å². The Morgan fingerprint density at radius 1 is 0.714 bits per heavy atom. The smallest absolute Gasteiger partial charge is 0.262 e. The molecule has 0 radical (unpaired) electrons. The van der Waals surface area contributed by atoms with Crippen LogP contribution in [0.5, 0.6) is 17.2 Å². The number of amides is 3. The topological polar surface area (TPSA) is 115 Å². The van der Waals surface area contributed by atoms with E-state index in [4.69, 9.17) is 14.2 Å². The van der Waals surface area contributed by atoms with Crippen molar-refractivity contribution in [3.05, 3.63) is 78.4 Å². The lowest BCUT2D eigenvalue weighted by molar-refractivity contribution is -0.123. The van der Waals surface area contributed by atoms with Crippen molar-refractivity contribution in [2.75, 3.05) is 37.5 Å². The highest BCUT2D eigenvalue weighted by Crippen LogP contribution is 2.19. The molecule has 3 N–H and O–H groups in total. The number of likely N-dealkylation sites (N-methyl/N-ethyl adjacent to an activating group) is 1. The van der Waals surface area contributed by atoms with Crippen LogP contribution in [-0.2, 0) is 9.59 Å². The molecule has 0 spiro atoms. The normalized spacial score (nSPS) is 10.1. The monoisotopic (exact) mass is 477 g/mol. The van der Waals surface area contributed by atoms with Crippen LogP contribution in [0.4, 0.5) is 11.4 Å². The van der Waals surface area contributed by atoms with E-state index in [1.165, 1.54) is 0 Å². The van der Waals surface area contributed by atoms with E-state index in [0.29, 0.717) is 40.7 Å². The van der Waals surface area contributed by atoms with Crippen molar-refractivity contribution < 1.29 is 28.6 Å². The predicted octanol–water partition coefficient (Wildman–Crippen LogP) is 3.48. The summed E-state index contributed by atoms with van der Waals surface area (Å²) in [6, 6.07) is 20.2. The second-order valence-electron chi connectivity index (χ2n) is 7.31. The van der Waals surface area contributed by atoms with Gasteiger partial charge in [0, 0.05) is 29.5 Å². The highest BCUT2D eigenvalue weighted by atomic mass is 16.5. The van der Waals surface area contributed by atoms with Crippen molar-refractivity contribution in [2.45, 2.75) is 6.92 Å². The average Bonchev–Trinajstić information content (AvgIpc) is 2.87. The van der Waals surface area contributed by atoms with Crippen molar-refractivity contribution in [3.8, 4) is 17.2 Å². The van der Waals surface area contributed by atoms with Crippen molar-refractivity contribution in [2.24, 2.45) is 0 Å². The third kappa shape index (κ3) is 8.08. The molecule has 9 heteroatoms. The van der Waals surface area contributed by atoms with Gasteiger partial charge in [0.25, 0.3) is 17.7 Å². The fourth-order valence-corrected chi connectivity index (χ4v) is 2.98. The van der Waals surface area contributed by atoms with E-state index in [1.807, 2.05) is 6.92 Å². The fraction of sp³-hybridized carbons (Fsp3) is 0.192. The summed E-state index contributed by atoms with van der Waals surface area (Å²) < 4.78 is 16.0. The first-order chi connectivity index (χ1) is 17.0. The van der Waals surface area contributed by atoms with Gasteiger partial charge in [-0.1, -0.05) is 6.07 Å². The Morgan fingerprint density at radius 3 is 1.97 bits per heavy atom. The van der Waals surface area contributed by atoms with Gasteiger partial charge in [0.2, 0.25) is 0 Å². The number of carbonyl (C=O) groups excluding carboxylic acids is 3. The minimum Gasteiger partial charge on any atom is -0.497 e. The molecule has 0 aliphatic carbocycles. The van der Waals surface area contributed by atoms with Crippen molar-refractivity contribution in [1.29, 1.82) is 0 Å². The number of rotatable bonds is 11. The lowest BCUT2D eigenvalue weighted by Crippen LogP contribution is -2.28. The van der Waals surface area contributed by atoms with E-state index < -0.39 is 0 Å². The Balaban J connectivity index is 1.46. The molecule has 0 bridgehead atoms. The Bertz CT molecular complexity index is 1150. The molecular formula is C26H27N3O6. The van der Waals surface area contributed by atoms with E-state index in [9.17, 15) is 14.4 Å². The van der Waals surface area contributed by atoms with Crippen molar-refractivity contribution in [3.63, 3.8) is 0 Å². The molecule has 0 atom stereocenters. The summed E-state index contributed by atoms with van der Waals surface area (Å²) in [7, 11) is 1.55. The Hall–Kier alpha value is -4.53. The quantitative estimate of drug-likeness (QED) is 0.390. The summed E-state index contributed by atoms with van der Waals surface area (Å²) in [5, 5.41) is 8.17. The Labute approximate surface area is 203 Å². The maximum atomic E-state index is 12.5. The van der Waals surface area contributed by atoms with E-state index in [0.717, 1.165) is 0 Å². The van der Waals surface area contributed by atoms with Crippen LogP contribution in [0, 0.1) is 0 Å². The molecule has 0 saturated carbocycles. The fourth-order valence-electron chi connectivity index (χ4n) is 2.98. The largest absolute Gasteiger partial charge is 0.497 e. The van der Waals surface area contributed by atoms with Crippen LogP contribution in [0.3, 0.4) is 0 Å². The van der Waals surface area contributed by atoms with Gasteiger partial charge in [0.15, 0.2) is 13.2 Å². The lowest BCUT2D eigenvalue weighted by atomic mass is 10.2. The minimum absolute atomic E-state index is 0.0728.